The maximum Gasteiger partial charge on any atom is 0.338 e. The van der Waals surface area contributed by atoms with Crippen molar-refractivity contribution in [1.29, 1.82) is 0 Å². The number of benzene rings is 1. The van der Waals surface area contributed by atoms with Crippen LogP contribution in [0.1, 0.15) is 50.6 Å². The molecule has 0 saturated heterocycles. The summed E-state index contributed by atoms with van der Waals surface area (Å²) in [5.41, 5.74) is 1.87. The van der Waals surface area contributed by atoms with Crippen LogP contribution >= 0.6 is 15.9 Å². The van der Waals surface area contributed by atoms with Gasteiger partial charge in [0.05, 0.1) is 11.6 Å². The van der Waals surface area contributed by atoms with E-state index in [1.54, 1.807) is 6.92 Å². The molecule has 2 amide bonds. The number of allylic oxidation sites excluding steroid dienone is 1. The second kappa shape index (κ2) is 7.38. The van der Waals surface area contributed by atoms with Crippen LogP contribution in [-0.2, 0) is 9.53 Å². The Morgan fingerprint density at radius 3 is 2.50 bits per heavy atom. The van der Waals surface area contributed by atoms with E-state index in [4.69, 9.17) is 4.74 Å². The summed E-state index contributed by atoms with van der Waals surface area (Å²) in [7, 11) is 0. The maximum absolute atomic E-state index is 12.8. The topological polar surface area (TPSA) is 67.4 Å². The number of rotatable bonds is 3. The van der Waals surface area contributed by atoms with Gasteiger partial charge in [0.25, 0.3) is 0 Å². The first kappa shape index (κ1) is 17.0. The average molecular weight is 393 g/mol. The molecule has 0 spiro atoms. The summed E-state index contributed by atoms with van der Waals surface area (Å²) >= 11 is 3.40. The Bertz CT molecular complexity index is 663. The molecule has 2 aliphatic rings. The molecule has 0 radical (unpaired) electrons. The summed E-state index contributed by atoms with van der Waals surface area (Å²) < 4.78 is 6.66. The first-order valence-electron chi connectivity index (χ1n) is 8.29. The number of urea groups is 1. The van der Waals surface area contributed by atoms with Crippen LogP contribution in [0.25, 0.3) is 0 Å². The molecule has 6 heteroatoms. The Hall–Kier alpha value is -1.82. The molecule has 1 aliphatic heterocycles. The lowest BCUT2D eigenvalue weighted by Crippen LogP contribution is -2.45. The Morgan fingerprint density at radius 1 is 1.17 bits per heavy atom. The van der Waals surface area contributed by atoms with Gasteiger partial charge in [-0.05, 0) is 50.3 Å². The van der Waals surface area contributed by atoms with Crippen molar-refractivity contribution >= 4 is 27.9 Å². The molecule has 5 nitrogen and oxygen atoms in total. The van der Waals surface area contributed by atoms with Gasteiger partial charge in [0.15, 0.2) is 0 Å². The highest BCUT2D eigenvalue weighted by molar-refractivity contribution is 9.10. The second-order valence-electron chi connectivity index (χ2n) is 6.29. The number of carbonyl (C=O) groups excluding carboxylic acids is 2. The first-order valence-corrected chi connectivity index (χ1v) is 9.08. The van der Waals surface area contributed by atoms with E-state index >= 15 is 0 Å². The third-order valence-corrected chi connectivity index (χ3v) is 5.05. The lowest BCUT2D eigenvalue weighted by Gasteiger charge is -2.30. The summed E-state index contributed by atoms with van der Waals surface area (Å²) in [6, 6.07) is 6.76. The molecule has 1 fully saturated rings. The number of halogens is 1. The summed E-state index contributed by atoms with van der Waals surface area (Å²) in [4.78, 5) is 24.6. The van der Waals surface area contributed by atoms with Crippen LogP contribution in [0.4, 0.5) is 4.79 Å². The fourth-order valence-corrected chi connectivity index (χ4v) is 3.53. The molecule has 0 bridgehead atoms. The Morgan fingerprint density at radius 2 is 1.83 bits per heavy atom. The smallest absolute Gasteiger partial charge is 0.338 e. The van der Waals surface area contributed by atoms with E-state index in [-0.39, 0.29) is 18.1 Å². The van der Waals surface area contributed by atoms with Crippen molar-refractivity contribution in [2.24, 2.45) is 0 Å². The molecule has 3 rings (SSSR count). The summed E-state index contributed by atoms with van der Waals surface area (Å²) in [6.07, 6.45) is 5.22. The van der Waals surface area contributed by atoms with Crippen molar-refractivity contribution < 1.29 is 14.3 Å². The van der Waals surface area contributed by atoms with Crippen LogP contribution in [-0.4, -0.2) is 18.1 Å². The summed E-state index contributed by atoms with van der Waals surface area (Å²) in [5.74, 6) is -0.347. The van der Waals surface area contributed by atoms with Gasteiger partial charge < -0.3 is 15.4 Å². The third kappa shape index (κ3) is 3.80. The number of amides is 2. The van der Waals surface area contributed by atoms with E-state index in [1.165, 1.54) is 6.42 Å². The zero-order valence-corrected chi connectivity index (χ0v) is 15.2. The average Bonchev–Trinajstić information content (AvgIpc) is 2.55. The standard InChI is InChI=1S/C18H21BrN2O3/c1-11-15(17(22)24-14-5-3-2-4-6-14)16(21-18(23)20-11)12-7-9-13(19)10-8-12/h7-10,14,16H,2-6H2,1H3,(H2,20,21,23). The van der Waals surface area contributed by atoms with Crippen molar-refractivity contribution in [3.8, 4) is 0 Å². The van der Waals surface area contributed by atoms with Gasteiger partial charge in [0, 0.05) is 10.2 Å². The molecular weight excluding hydrogens is 372 g/mol. The van der Waals surface area contributed by atoms with Gasteiger partial charge in [-0.2, -0.15) is 0 Å². The van der Waals surface area contributed by atoms with Gasteiger partial charge >= 0.3 is 12.0 Å². The molecule has 2 N–H and O–H groups in total. The molecule has 0 aromatic heterocycles. The highest BCUT2D eigenvalue weighted by Gasteiger charge is 2.33. The zero-order chi connectivity index (χ0) is 17.1. The van der Waals surface area contributed by atoms with Crippen molar-refractivity contribution in [2.45, 2.75) is 51.2 Å². The summed E-state index contributed by atoms with van der Waals surface area (Å²) in [6.45, 7) is 1.74. The van der Waals surface area contributed by atoms with Gasteiger partial charge in [-0.15, -0.1) is 0 Å². The number of hydrogen-bond acceptors (Lipinski definition) is 3. The highest BCUT2D eigenvalue weighted by atomic mass is 79.9. The van der Waals surface area contributed by atoms with Crippen molar-refractivity contribution in [3.63, 3.8) is 0 Å². The van der Waals surface area contributed by atoms with E-state index in [2.05, 4.69) is 26.6 Å². The molecule has 1 unspecified atom stereocenters. The number of esters is 1. The highest BCUT2D eigenvalue weighted by Crippen LogP contribution is 2.30. The van der Waals surface area contributed by atoms with Crippen LogP contribution in [0.5, 0.6) is 0 Å². The normalized spacial score (nSPS) is 21.9. The van der Waals surface area contributed by atoms with Crippen LogP contribution in [0, 0.1) is 0 Å². The lowest BCUT2D eigenvalue weighted by molar-refractivity contribution is -0.146. The first-order chi connectivity index (χ1) is 11.5. The Labute approximate surface area is 150 Å². The minimum Gasteiger partial charge on any atom is -0.459 e. The van der Waals surface area contributed by atoms with Crippen LogP contribution in [0.3, 0.4) is 0 Å². The fraction of sp³-hybridized carbons (Fsp3) is 0.444. The molecule has 1 saturated carbocycles. The van der Waals surface area contributed by atoms with E-state index in [0.717, 1.165) is 35.7 Å². The molecule has 128 valence electrons. The van der Waals surface area contributed by atoms with Crippen LogP contribution in [0.15, 0.2) is 40.0 Å². The van der Waals surface area contributed by atoms with Crippen LogP contribution in [0.2, 0.25) is 0 Å². The number of ether oxygens (including phenoxy) is 1. The third-order valence-electron chi connectivity index (χ3n) is 4.52. The molecule has 1 aliphatic carbocycles. The predicted octanol–water partition coefficient (Wildman–Crippen LogP) is 3.95. The monoisotopic (exact) mass is 392 g/mol. The van der Waals surface area contributed by atoms with E-state index < -0.39 is 6.04 Å². The van der Waals surface area contributed by atoms with Crippen molar-refractivity contribution in [3.05, 3.63) is 45.6 Å². The lowest BCUT2D eigenvalue weighted by atomic mass is 9.95. The Balaban J connectivity index is 1.85. The minimum atomic E-state index is -0.497. The van der Waals surface area contributed by atoms with Gasteiger partial charge in [-0.25, -0.2) is 9.59 Å². The maximum atomic E-state index is 12.8. The Kier molecular flexibility index (Phi) is 5.23. The van der Waals surface area contributed by atoms with Gasteiger partial charge in [0.2, 0.25) is 0 Å². The largest absolute Gasteiger partial charge is 0.459 e. The van der Waals surface area contributed by atoms with Gasteiger partial charge in [0.1, 0.15) is 6.10 Å². The van der Waals surface area contributed by atoms with Gasteiger partial charge in [-0.3, -0.25) is 0 Å². The van der Waals surface area contributed by atoms with E-state index in [9.17, 15) is 9.59 Å². The SMILES string of the molecule is CC1=C(C(=O)OC2CCCCC2)C(c2ccc(Br)cc2)NC(=O)N1. The minimum absolute atomic E-state index is 0.0188. The number of carbonyl (C=O) groups is 2. The van der Waals surface area contributed by atoms with Gasteiger partial charge in [-0.1, -0.05) is 34.5 Å². The summed E-state index contributed by atoms with van der Waals surface area (Å²) in [5, 5.41) is 5.50. The molecular formula is C18H21BrN2O3. The molecule has 1 aromatic carbocycles. The predicted molar refractivity (Wildman–Crippen MR) is 94.2 cm³/mol. The second-order valence-corrected chi connectivity index (χ2v) is 7.20. The van der Waals surface area contributed by atoms with E-state index in [1.807, 2.05) is 24.3 Å². The van der Waals surface area contributed by atoms with E-state index in [0.29, 0.717) is 11.3 Å². The number of hydrogen-bond donors (Lipinski definition) is 2. The quantitative estimate of drug-likeness (QED) is 0.765. The molecule has 1 heterocycles. The zero-order valence-electron chi connectivity index (χ0n) is 13.6. The van der Waals surface area contributed by atoms with Crippen LogP contribution < -0.4 is 10.6 Å². The van der Waals surface area contributed by atoms with Crippen molar-refractivity contribution in [1.82, 2.24) is 10.6 Å². The molecule has 24 heavy (non-hydrogen) atoms. The number of nitrogens with one attached hydrogen (secondary N) is 2. The molecule has 1 aromatic rings. The van der Waals surface area contributed by atoms with Crippen molar-refractivity contribution in [2.75, 3.05) is 0 Å². The molecule has 1 atom stereocenters. The fourth-order valence-electron chi connectivity index (χ4n) is 3.27.